The van der Waals surface area contributed by atoms with Crippen molar-refractivity contribution >= 4 is 34.3 Å². The number of fused-ring (bicyclic) bond motifs is 1. The zero-order valence-electron chi connectivity index (χ0n) is 20.4. The molecule has 1 N–H and O–H groups in total. The van der Waals surface area contributed by atoms with Crippen LogP contribution in [0.4, 0.5) is 11.5 Å². The van der Waals surface area contributed by atoms with Crippen LogP contribution in [0.15, 0.2) is 53.9 Å². The summed E-state index contributed by atoms with van der Waals surface area (Å²) in [6, 6.07) is 9.72. The van der Waals surface area contributed by atoms with E-state index in [1.807, 2.05) is 30.3 Å². The molecule has 10 nitrogen and oxygen atoms in total. The molecular formula is C26H33N9O. The average Bonchev–Trinajstić information content (AvgIpc) is 2.88. The monoisotopic (exact) mass is 487 g/mol. The zero-order valence-corrected chi connectivity index (χ0v) is 20.4. The van der Waals surface area contributed by atoms with Crippen LogP contribution in [0.25, 0.3) is 10.9 Å². The van der Waals surface area contributed by atoms with Gasteiger partial charge >= 0.3 is 0 Å². The number of aromatic nitrogens is 3. The summed E-state index contributed by atoms with van der Waals surface area (Å²) in [5, 5.41) is 13.2. The highest BCUT2D eigenvalue weighted by Crippen LogP contribution is 2.26. The predicted molar refractivity (Wildman–Crippen MR) is 142 cm³/mol. The van der Waals surface area contributed by atoms with Crippen LogP contribution in [0.5, 0.6) is 0 Å². The molecule has 10 heteroatoms. The number of hydrogen-bond donors (Lipinski definition) is 1. The number of amides is 1. The van der Waals surface area contributed by atoms with Crippen molar-refractivity contribution < 1.29 is 4.79 Å². The number of anilines is 1. The van der Waals surface area contributed by atoms with Gasteiger partial charge in [0.25, 0.3) is 5.91 Å². The number of nitrogens with one attached hydrogen (secondary N) is 1. The summed E-state index contributed by atoms with van der Waals surface area (Å²) in [6.45, 7) is 6.28. The number of pyridine rings is 1. The number of rotatable bonds is 4. The van der Waals surface area contributed by atoms with Crippen molar-refractivity contribution in [1.29, 1.82) is 5.26 Å². The van der Waals surface area contributed by atoms with E-state index in [-0.39, 0.29) is 25.3 Å². The second kappa shape index (κ2) is 11.4. The van der Waals surface area contributed by atoms with Gasteiger partial charge in [-0.1, -0.05) is 27.3 Å². The van der Waals surface area contributed by atoms with Crippen LogP contribution in [0.3, 0.4) is 0 Å². The van der Waals surface area contributed by atoms with E-state index in [1.54, 1.807) is 26.5 Å². The van der Waals surface area contributed by atoms with Crippen molar-refractivity contribution in [2.24, 2.45) is 10.9 Å². The maximum atomic E-state index is 12.1. The van der Waals surface area contributed by atoms with Crippen LogP contribution in [0.2, 0.25) is 0 Å². The van der Waals surface area contributed by atoms with Crippen LogP contribution < -0.4 is 10.2 Å². The Balaban J connectivity index is 0.00000361. The fraction of sp³-hybridized carbons (Fsp3) is 0.385. The van der Waals surface area contributed by atoms with Crippen molar-refractivity contribution in [2.75, 3.05) is 38.6 Å². The maximum Gasteiger partial charge on any atom is 0.273 e. The molecule has 0 bridgehead atoms. The Hall–Kier alpha value is -4.26. The van der Waals surface area contributed by atoms with Crippen LogP contribution >= 0.6 is 0 Å². The molecule has 188 valence electrons. The van der Waals surface area contributed by atoms with Crippen LogP contribution in [-0.4, -0.2) is 76.4 Å². The third kappa shape index (κ3) is 5.51. The molecule has 36 heavy (non-hydrogen) atoms. The third-order valence-electron chi connectivity index (χ3n) is 6.06. The van der Waals surface area contributed by atoms with Gasteiger partial charge in [0.05, 0.1) is 29.6 Å². The molecule has 1 atom stereocenters. The van der Waals surface area contributed by atoms with Gasteiger partial charge < -0.3 is 14.7 Å². The second-order valence-corrected chi connectivity index (χ2v) is 8.93. The van der Waals surface area contributed by atoms with E-state index in [2.05, 4.69) is 50.1 Å². The molecule has 4 rings (SSSR count). The van der Waals surface area contributed by atoms with E-state index in [0.717, 1.165) is 22.4 Å². The minimum atomic E-state index is -0.180. The molecule has 1 aromatic carbocycles. The lowest BCUT2D eigenvalue weighted by molar-refractivity contribution is 0.0821. The Morgan fingerprint density at radius 1 is 1.17 bits per heavy atom. The third-order valence-corrected chi connectivity index (χ3v) is 6.06. The number of aliphatic imine (C=N–C) groups is 1. The standard InChI is InChI=1S/C25H29N9O.CH4/c1-17(2)22-15-33(23-14-28-21(13-29-23)24(35)32(3)4)11-12-34(22)25(30-16-26)31-20-9-5-8-19-18(20)7-6-10-27-19;/h5-10,13-14,17,22H,11-12,15H2,1-4H3,(H,30,31);1H4/t22-;/m0./s1. The molecule has 2 aromatic heterocycles. The molecule has 3 aromatic rings. The summed E-state index contributed by atoms with van der Waals surface area (Å²) < 4.78 is 0. The second-order valence-electron chi connectivity index (χ2n) is 8.93. The molecule has 1 aliphatic rings. The molecule has 1 saturated heterocycles. The van der Waals surface area contributed by atoms with Crippen LogP contribution in [-0.2, 0) is 0 Å². The van der Waals surface area contributed by atoms with Gasteiger partial charge in [-0.25, -0.2) is 15.0 Å². The van der Waals surface area contributed by atoms with Crippen LogP contribution in [0.1, 0.15) is 31.8 Å². The van der Waals surface area contributed by atoms with Gasteiger partial charge in [-0.05, 0) is 30.2 Å². The highest BCUT2D eigenvalue weighted by Gasteiger charge is 2.32. The Labute approximate surface area is 212 Å². The lowest BCUT2D eigenvalue weighted by Gasteiger charge is -2.44. The molecule has 0 aliphatic carbocycles. The van der Waals surface area contributed by atoms with Crippen molar-refractivity contribution in [3.8, 4) is 6.19 Å². The van der Waals surface area contributed by atoms with Gasteiger partial charge in [0.1, 0.15) is 11.5 Å². The number of carbonyl (C=O) groups excluding carboxylic acids is 1. The summed E-state index contributed by atoms with van der Waals surface area (Å²) in [6.07, 6.45) is 6.97. The first-order chi connectivity index (χ1) is 16.9. The number of hydrogen-bond acceptors (Lipinski definition) is 7. The first kappa shape index (κ1) is 26.3. The number of benzene rings is 1. The fourth-order valence-electron chi connectivity index (χ4n) is 4.19. The Kier molecular flexibility index (Phi) is 8.38. The van der Waals surface area contributed by atoms with Crippen molar-refractivity contribution in [3.05, 3.63) is 54.6 Å². The molecule has 1 amide bonds. The number of carbonyl (C=O) groups is 1. The molecule has 1 aliphatic heterocycles. The summed E-state index contributed by atoms with van der Waals surface area (Å²) in [7, 11) is 3.38. The SMILES string of the molecule is C.CC(C)[C@@H]1CN(c2cnc(C(=O)N(C)C)cn2)CCN1C(=Nc1cccc2ncccc12)NC#N. The summed E-state index contributed by atoms with van der Waals surface area (Å²) in [5.41, 5.74) is 1.92. The average molecular weight is 488 g/mol. The summed E-state index contributed by atoms with van der Waals surface area (Å²) in [4.78, 5) is 36.0. The molecule has 0 radical (unpaired) electrons. The van der Waals surface area contributed by atoms with Gasteiger partial charge in [-0.15, -0.1) is 0 Å². The zero-order chi connectivity index (χ0) is 24.9. The minimum absolute atomic E-state index is 0. The highest BCUT2D eigenvalue weighted by molar-refractivity contribution is 5.94. The number of nitriles is 1. The fourth-order valence-corrected chi connectivity index (χ4v) is 4.19. The summed E-state index contributed by atoms with van der Waals surface area (Å²) >= 11 is 0. The van der Waals surface area contributed by atoms with Crippen LogP contribution in [0, 0.1) is 17.4 Å². The van der Waals surface area contributed by atoms with Crippen molar-refractivity contribution in [3.63, 3.8) is 0 Å². The molecule has 3 heterocycles. The largest absolute Gasteiger partial charge is 0.351 e. The summed E-state index contributed by atoms with van der Waals surface area (Å²) in [5.74, 6) is 1.33. The Bertz CT molecular complexity index is 1260. The quantitative estimate of drug-likeness (QED) is 0.258. The van der Waals surface area contributed by atoms with E-state index in [0.29, 0.717) is 31.3 Å². The van der Waals surface area contributed by atoms with E-state index in [1.165, 1.54) is 11.1 Å². The van der Waals surface area contributed by atoms with Gasteiger partial charge in [0, 0.05) is 45.3 Å². The predicted octanol–water partition coefficient (Wildman–Crippen LogP) is 3.27. The Morgan fingerprint density at radius 2 is 1.97 bits per heavy atom. The number of piperazine rings is 1. The topological polar surface area (TPSA) is 114 Å². The van der Waals surface area contributed by atoms with Crippen molar-refractivity contribution in [2.45, 2.75) is 27.3 Å². The smallest absolute Gasteiger partial charge is 0.273 e. The van der Waals surface area contributed by atoms with Gasteiger partial charge in [-0.2, -0.15) is 5.26 Å². The van der Waals surface area contributed by atoms with Gasteiger partial charge in [-0.3, -0.25) is 15.1 Å². The minimum Gasteiger partial charge on any atom is -0.351 e. The molecule has 0 saturated carbocycles. The Morgan fingerprint density at radius 3 is 2.64 bits per heavy atom. The highest BCUT2D eigenvalue weighted by atomic mass is 16.2. The molecule has 0 spiro atoms. The number of guanidine groups is 1. The lowest BCUT2D eigenvalue weighted by atomic mass is 10.00. The first-order valence-electron chi connectivity index (χ1n) is 11.5. The van der Waals surface area contributed by atoms with Gasteiger partial charge in [0.15, 0.2) is 6.19 Å². The molecule has 0 unspecified atom stereocenters. The van der Waals surface area contributed by atoms with Gasteiger partial charge in [0.2, 0.25) is 5.96 Å². The van der Waals surface area contributed by atoms with E-state index >= 15 is 0 Å². The first-order valence-corrected chi connectivity index (χ1v) is 11.5. The normalized spacial score (nSPS) is 15.9. The lowest BCUT2D eigenvalue weighted by Crippen LogP contribution is -2.59. The maximum absolute atomic E-state index is 12.1. The van der Waals surface area contributed by atoms with E-state index < -0.39 is 0 Å². The van der Waals surface area contributed by atoms with E-state index in [9.17, 15) is 10.1 Å². The van der Waals surface area contributed by atoms with Crippen molar-refractivity contribution in [1.82, 2.24) is 30.1 Å². The number of nitrogens with zero attached hydrogens (tertiary/aromatic N) is 8. The molecular weight excluding hydrogens is 454 g/mol. The van der Waals surface area contributed by atoms with E-state index in [4.69, 9.17) is 4.99 Å². The molecule has 1 fully saturated rings.